The zero-order valence-corrected chi connectivity index (χ0v) is 8.87. The lowest BCUT2D eigenvalue weighted by Gasteiger charge is -2.00. The van der Waals surface area contributed by atoms with Crippen LogP contribution in [0.3, 0.4) is 0 Å². The van der Waals surface area contributed by atoms with Crippen molar-refractivity contribution in [1.29, 1.82) is 0 Å². The van der Waals surface area contributed by atoms with Gasteiger partial charge in [-0.25, -0.2) is 15.0 Å². The second-order valence-corrected chi connectivity index (χ2v) is 3.31. The van der Waals surface area contributed by atoms with Gasteiger partial charge in [-0.2, -0.15) is 0 Å². The summed E-state index contributed by atoms with van der Waals surface area (Å²) in [6, 6.07) is 0. The summed E-state index contributed by atoms with van der Waals surface area (Å²) in [5.74, 6) is 2.14. The van der Waals surface area contributed by atoms with Gasteiger partial charge in [0.15, 0.2) is 0 Å². The van der Waals surface area contributed by atoms with E-state index in [1.165, 1.54) is 0 Å². The second-order valence-electron chi connectivity index (χ2n) is 3.31. The Morgan fingerprint density at radius 2 is 1.71 bits per heavy atom. The number of rotatable bonds is 4. The Balaban J connectivity index is 2.71. The van der Waals surface area contributed by atoms with Gasteiger partial charge < -0.3 is 0 Å². The van der Waals surface area contributed by atoms with E-state index in [9.17, 15) is 4.79 Å². The largest absolute Gasteiger partial charge is 0.299 e. The maximum Gasteiger partial charge on any atom is 0.140 e. The van der Waals surface area contributed by atoms with Gasteiger partial charge in [0, 0.05) is 6.42 Å². The molecule has 1 rings (SSSR count). The Morgan fingerprint density at radius 3 is 2.21 bits per heavy atom. The minimum atomic E-state index is 0.192. The third kappa shape index (κ3) is 3.20. The van der Waals surface area contributed by atoms with Crippen molar-refractivity contribution in [2.24, 2.45) is 0 Å². The molecule has 0 spiro atoms. The third-order valence-corrected chi connectivity index (χ3v) is 1.79. The zero-order chi connectivity index (χ0) is 10.6. The molecule has 4 heteroatoms. The van der Waals surface area contributed by atoms with Crippen LogP contribution in [0.2, 0.25) is 0 Å². The molecule has 0 atom stereocenters. The average Bonchev–Trinajstić information content (AvgIpc) is 2.01. The Hall–Kier alpha value is -1.32. The molecule has 0 amide bonds. The Morgan fingerprint density at radius 1 is 1.14 bits per heavy atom. The number of hydrogen-bond donors (Lipinski definition) is 0. The SMILES string of the molecule is CCCC(=O)Cc1nc(C)nc(C)n1. The molecule has 1 aromatic heterocycles. The van der Waals surface area contributed by atoms with Crippen LogP contribution in [0.15, 0.2) is 0 Å². The van der Waals surface area contributed by atoms with Gasteiger partial charge >= 0.3 is 0 Å². The monoisotopic (exact) mass is 193 g/mol. The highest BCUT2D eigenvalue weighted by Crippen LogP contribution is 1.99. The summed E-state index contributed by atoms with van der Waals surface area (Å²) in [6.45, 7) is 5.60. The van der Waals surface area contributed by atoms with Crippen LogP contribution in [0.5, 0.6) is 0 Å². The Labute approximate surface area is 83.8 Å². The molecule has 0 aliphatic carbocycles. The van der Waals surface area contributed by atoms with Crippen molar-refractivity contribution in [3.8, 4) is 0 Å². The number of hydrogen-bond acceptors (Lipinski definition) is 4. The summed E-state index contributed by atoms with van der Waals surface area (Å²) in [4.78, 5) is 23.6. The van der Waals surface area contributed by atoms with Crippen molar-refractivity contribution in [2.75, 3.05) is 0 Å². The number of ketones is 1. The standard InChI is InChI=1S/C10H15N3O/c1-4-5-9(14)6-10-12-7(2)11-8(3)13-10/h4-6H2,1-3H3. The lowest BCUT2D eigenvalue weighted by Crippen LogP contribution is -2.09. The quantitative estimate of drug-likeness (QED) is 0.725. The van der Waals surface area contributed by atoms with Gasteiger partial charge in [-0.05, 0) is 20.3 Å². The van der Waals surface area contributed by atoms with E-state index in [0.29, 0.717) is 30.3 Å². The normalized spacial score (nSPS) is 10.2. The molecule has 0 saturated carbocycles. The van der Waals surface area contributed by atoms with Crippen LogP contribution in [0, 0.1) is 13.8 Å². The van der Waals surface area contributed by atoms with Crippen molar-refractivity contribution < 1.29 is 4.79 Å². The van der Waals surface area contributed by atoms with E-state index >= 15 is 0 Å². The molecule has 1 aromatic rings. The van der Waals surface area contributed by atoms with Crippen LogP contribution in [-0.4, -0.2) is 20.7 Å². The predicted molar refractivity (Wildman–Crippen MR) is 52.9 cm³/mol. The molecule has 0 N–H and O–H groups in total. The van der Waals surface area contributed by atoms with Crippen molar-refractivity contribution in [3.63, 3.8) is 0 Å². The van der Waals surface area contributed by atoms with E-state index < -0.39 is 0 Å². The summed E-state index contributed by atoms with van der Waals surface area (Å²) >= 11 is 0. The first-order valence-corrected chi connectivity index (χ1v) is 4.81. The molecule has 0 unspecified atom stereocenters. The lowest BCUT2D eigenvalue weighted by molar-refractivity contribution is -0.118. The summed E-state index contributed by atoms with van der Waals surface area (Å²) in [7, 11) is 0. The van der Waals surface area contributed by atoms with Crippen molar-refractivity contribution in [2.45, 2.75) is 40.0 Å². The van der Waals surface area contributed by atoms with Gasteiger partial charge in [0.1, 0.15) is 23.3 Å². The highest BCUT2D eigenvalue weighted by atomic mass is 16.1. The predicted octanol–water partition coefficient (Wildman–Crippen LogP) is 1.40. The van der Waals surface area contributed by atoms with Crippen LogP contribution in [-0.2, 0) is 11.2 Å². The fraction of sp³-hybridized carbons (Fsp3) is 0.600. The van der Waals surface area contributed by atoms with Gasteiger partial charge in [0.05, 0.1) is 6.42 Å². The van der Waals surface area contributed by atoms with Gasteiger partial charge in [0.2, 0.25) is 0 Å². The second kappa shape index (κ2) is 4.79. The first kappa shape index (κ1) is 10.8. The molecule has 0 radical (unpaired) electrons. The van der Waals surface area contributed by atoms with Gasteiger partial charge in [-0.3, -0.25) is 4.79 Å². The number of nitrogens with zero attached hydrogens (tertiary/aromatic N) is 3. The molecule has 0 fully saturated rings. The van der Waals surface area contributed by atoms with Crippen molar-refractivity contribution in [3.05, 3.63) is 17.5 Å². The topological polar surface area (TPSA) is 55.7 Å². The van der Waals surface area contributed by atoms with Gasteiger partial charge in [-0.15, -0.1) is 0 Å². The summed E-state index contributed by atoms with van der Waals surface area (Å²) in [6.07, 6.45) is 1.81. The maximum absolute atomic E-state index is 11.3. The molecular formula is C10H15N3O. The first-order valence-electron chi connectivity index (χ1n) is 4.81. The molecule has 14 heavy (non-hydrogen) atoms. The molecule has 4 nitrogen and oxygen atoms in total. The smallest absolute Gasteiger partial charge is 0.140 e. The summed E-state index contributed by atoms with van der Waals surface area (Å²) in [5, 5.41) is 0. The number of Topliss-reactive ketones (excluding diaryl/α,β-unsaturated/α-hetero) is 1. The minimum Gasteiger partial charge on any atom is -0.299 e. The zero-order valence-electron chi connectivity index (χ0n) is 8.87. The maximum atomic E-state index is 11.3. The molecular weight excluding hydrogens is 178 g/mol. The fourth-order valence-electron chi connectivity index (χ4n) is 1.31. The molecule has 0 aromatic carbocycles. The van der Waals surface area contributed by atoms with Crippen LogP contribution < -0.4 is 0 Å². The molecule has 1 heterocycles. The van der Waals surface area contributed by atoms with Crippen LogP contribution in [0.1, 0.15) is 37.2 Å². The van der Waals surface area contributed by atoms with E-state index in [1.807, 2.05) is 20.8 Å². The van der Waals surface area contributed by atoms with E-state index in [-0.39, 0.29) is 5.78 Å². The van der Waals surface area contributed by atoms with E-state index in [2.05, 4.69) is 15.0 Å². The van der Waals surface area contributed by atoms with E-state index in [0.717, 1.165) is 6.42 Å². The molecule has 0 aliphatic heterocycles. The number of aromatic nitrogens is 3. The van der Waals surface area contributed by atoms with Crippen molar-refractivity contribution >= 4 is 5.78 Å². The lowest BCUT2D eigenvalue weighted by atomic mass is 10.2. The number of carbonyl (C=O) groups is 1. The molecule has 0 bridgehead atoms. The summed E-state index contributed by atoms with van der Waals surface area (Å²) in [5.41, 5.74) is 0. The third-order valence-electron chi connectivity index (χ3n) is 1.79. The molecule has 76 valence electrons. The number of aryl methyl sites for hydroxylation is 2. The van der Waals surface area contributed by atoms with Crippen LogP contribution in [0.25, 0.3) is 0 Å². The average molecular weight is 193 g/mol. The van der Waals surface area contributed by atoms with Crippen molar-refractivity contribution in [1.82, 2.24) is 15.0 Å². The van der Waals surface area contributed by atoms with Crippen LogP contribution in [0.4, 0.5) is 0 Å². The molecule has 0 saturated heterocycles. The van der Waals surface area contributed by atoms with Gasteiger partial charge in [0.25, 0.3) is 0 Å². The minimum absolute atomic E-state index is 0.192. The van der Waals surface area contributed by atoms with E-state index in [1.54, 1.807) is 0 Å². The number of carbonyl (C=O) groups excluding carboxylic acids is 1. The molecule has 0 aliphatic rings. The van der Waals surface area contributed by atoms with E-state index in [4.69, 9.17) is 0 Å². The Kier molecular flexibility index (Phi) is 3.68. The fourth-order valence-corrected chi connectivity index (χ4v) is 1.31. The highest BCUT2D eigenvalue weighted by molar-refractivity contribution is 5.79. The van der Waals surface area contributed by atoms with Crippen LogP contribution >= 0.6 is 0 Å². The first-order chi connectivity index (χ1) is 6.61. The highest BCUT2D eigenvalue weighted by Gasteiger charge is 2.06. The summed E-state index contributed by atoms with van der Waals surface area (Å²) < 4.78 is 0. The van der Waals surface area contributed by atoms with Gasteiger partial charge in [-0.1, -0.05) is 6.92 Å². The Bertz CT molecular complexity index is 316.